The van der Waals surface area contributed by atoms with E-state index >= 15 is 0 Å². The van der Waals surface area contributed by atoms with Gasteiger partial charge in [0.25, 0.3) is 0 Å². The van der Waals surface area contributed by atoms with Crippen LogP contribution in [0.1, 0.15) is 13.8 Å². The normalized spacial score (nSPS) is 12.3. The molecule has 0 aliphatic rings. The highest BCUT2D eigenvalue weighted by atomic mass is 32.2. The fourth-order valence-corrected chi connectivity index (χ4v) is 2.68. The van der Waals surface area contributed by atoms with Gasteiger partial charge in [-0.3, -0.25) is 0 Å². The molecule has 0 fully saturated rings. The molecule has 0 saturated heterocycles. The number of anilines is 1. The summed E-state index contributed by atoms with van der Waals surface area (Å²) in [7, 11) is -2.79. The molecule has 1 aromatic carbocycles. The molecule has 0 amide bonds. The summed E-state index contributed by atoms with van der Waals surface area (Å²) in [6.07, 6.45) is -0.0377. The number of sulfonamides is 1. The van der Waals surface area contributed by atoms with Crippen LogP contribution < -0.4 is 5.73 Å². The molecule has 0 atom stereocenters. The lowest BCUT2D eigenvalue weighted by molar-refractivity contribution is 0.0737. The van der Waals surface area contributed by atoms with E-state index in [0.29, 0.717) is 6.07 Å². The van der Waals surface area contributed by atoms with Gasteiger partial charge in [-0.1, -0.05) is 0 Å². The number of likely N-dealkylation sites (N-methyl/N-ethyl adjacent to an activating group) is 1. The minimum Gasteiger partial charge on any atom is -0.396 e. The van der Waals surface area contributed by atoms with Crippen molar-refractivity contribution in [2.75, 3.05) is 25.9 Å². The molecule has 8 heteroatoms. The van der Waals surface area contributed by atoms with Gasteiger partial charge in [-0.25, -0.2) is 17.2 Å². The van der Waals surface area contributed by atoms with Crippen molar-refractivity contribution < 1.29 is 21.9 Å². The third kappa shape index (κ3) is 3.87. The van der Waals surface area contributed by atoms with Crippen molar-refractivity contribution in [3.05, 3.63) is 23.8 Å². The Kier molecular flexibility index (Phi) is 5.43. The van der Waals surface area contributed by atoms with E-state index in [1.54, 1.807) is 0 Å². The first-order valence-electron chi connectivity index (χ1n) is 5.98. The summed E-state index contributed by atoms with van der Waals surface area (Å²) in [6, 6.07) is 1.24. The molecular weight excluding hydrogens is 290 g/mol. The first kappa shape index (κ1) is 16.8. The quantitative estimate of drug-likeness (QED) is 0.810. The van der Waals surface area contributed by atoms with E-state index in [4.69, 9.17) is 10.5 Å². The van der Waals surface area contributed by atoms with Gasteiger partial charge < -0.3 is 10.5 Å². The summed E-state index contributed by atoms with van der Waals surface area (Å²) in [5.41, 5.74) is 4.86. The average Bonchev–Trinajstić information content (AvgIpc) is 2.32. The Labute approximate surface area is 117 Å². The summed E-state index contributed by atoms with van der Waals surface area (Å²) in [6.45, 7) is 3.85. The van der Waals surface area contributed by atoms with E-state index in [1.165, 1.54) is 7.05 Å². The minimum atomic E-state index is -4.08. The topological polar surface area (TPSA) is 72.6 Å². The molecule has 0 aliphatic heterocycles. The molecule has 20 heavy (non-hydrogen) atoms. The number of benzene rings is 1. The van der Waals surface area contributed by atoms with Crippen molar-refractivity contribution in [1.29, 1.82) is 0 Å². The Balaban J connectivity index is 2.96. The highest BCUT2D eigenvalue weighted by Crippen LogP contribution is 2.23. The van der Waals surface area contributed by atoms with Crippen LogP contribution in [0.4, 0.5) is 14.5 Å². The summed E-state index contributed by atoms with van der Waals surface area (Å²) < 4.78 is 57.1. The van der Waals surface area contributed by atoms with E-state index < -0.39 is 32.2 Å². The second-order valence-electron chi connectivity index (χ2n) is 4.55. The van der Waals surface area contributed by atoms with Gasteiger partial charge in [0.1, 0.15) is 16.5 Å². The highest BCUT2D eigenvalue weighted by Gasteiger charge is 2.25. The van der Waals surface area contributed by atoms with Gasteiger partial charge in [0, 0.05) is 19.7 Å². The van der Waals surface area contributed by atoms with E-state index in [1.807, 2.05) is 13.8 Å². The largest absolute Gasteiger partial charge is 0.396 e. The fraction of sp³-hybridized carbons (Fsp3) is 0.500. The molecule has 0 aromatic heterocycles. The highest BCUT2D eigenvalue weighted by molar-refractivity contribution is 7.89. The second-order valence-corrected chi connectivity index (χ2v) is 6.56. The lowest BCUT2D eigenvalue weighted by atomic mass is 10.3. The van der Waals surface area contributed by atoms with E-state index in [-0.39, 0.29) is 19.3 Å². The zero-order valence-corrected chi connectivity index (χ0v) is 12.4. The number of nitrogens with two attached hydrogens (primary N) is 1. The second kappa shape index (κ2) is 6.47. The van der Waals surface area contributed by atoms with Gasteiger partial charge in [0.15, 0.2) is 0 Å². The van der Waals surface area contributed by atoms with Crippen LogP contribution in [0.5, 0.6) is 0 Å². The Bertz CT molecular complexity index is 576. The summed E-state index contributed by atoms with van der Waals surface area (Å²) in [4.78, 5) is -0.650. The molecule has 114 valence electrons. The van der Waals surface area contributed by atoms with Crippen LogP contribution in [-0.2, 0) is 14.8 Å². The van der Waals surface area contributed by atoms with Gasteiger partial charge in [-0.2, -0.15) is 4.31 Å². The molecule has 0 saturated carbocycles. The maximum atomic E-state index is 13.6. The monoisotopic (exact) mass is 308 g/mol. The van der Waals surface area contributed by atoms with Crippen molar-refractivity contribution in [2.24, 2.45) is 0 Å². The maximum Gasteiger partial charge on any atom is 0.245 e. The fourth-order valence-electron chi connectivity index (χ4n) is 1.45. The maximum absolute atomic E-state index is 13.6. The first-order valence-corrected chi connectivity index (χ1v) is 7.42. The van der Waals surface area contributed by atoms with Crippen molar-refractivity contribution >= 4 is 15.7 Å². The van der Waals surface area contributed by atoms with Crippen molar-refractivity contribution in [2.45, 2.75) is 24.8 Å². The van der Waals surface area contributed by atoms with Gasteiger partial charge in [0.05, 0.1) is 18.4 Å². The van der Waals surface area contributed by atoms with Gasteiger partial charge in [0.2, 0.25) is 10.0 Å². The lowest BCUT2D eigenvalue weighted by Gasteiger charge is -2.18. The Hall–Kier alpha value is -1.25. The molecule has 1 rings (SSSR count). The molecule has 0 bridgehead atoms. The molecule has 0 spiro atoms. The van der Waals surface area contributed by atoms with Gasteiger partial charge in [-0.15, -0.1) is 0 Å². The number of ether oxygens (including phenoxy) is 1. The number of hydrogen-bond donors (Lipinski definition) is 1. The van der Waals surface area contributed by atoms with Crippen LogP contribution in [0.25, 0.3) is 0 Å². The molecule has 2 N–H and O–H groups in total. The molecule has 0 unspecified atom stereocenters. The summed E-state index contributed by atoms with van der Waals surface area (Å²) in [5.74, 6) is -2.17. The molecular formula is C12H18F2N2O3S. The van der Waals surface area contributed by atoms with Crippen LogP contribution in [0.3, 0.4) is 0 Å². The number of nitrogens with zero attached hydrogens (tertiary/aromatic N) is 1. The standard InChI is InChI=1S/C12H18F2N2O3S/c1-8(2)19-5-4-16(3)20(17,18)12-7-11(15)9(13)6-10(12)14/h6-8H,4-5,15H2,1-3H3. The molecule has 0 heterocycles. The predicted molar refractivity (Wildman–Crippen MR) is 71.7 cm³/mol. The van der Waals surface area contributed by atoms with E-state index in [2.05, 4.69) is 0 Å². The molecule has 5 nitrogen and oxygen atoms in total. The third-order valence-corrected chi connectivity index (χ3v) is 4.47. The van der Waals surface area contributed by atoms with Crippen molar-refractivity contribution in [1.82, 2.24) is 4.31 Å². The predicted octanol–water partition coefficient (Wildman–Crippen LogP) is 1.59. The lowest BCUT2D eigenvalue weighted by Crippen LogP contribution is -2.31. The first-order chi connectivity index (χ1) is 9.16. The third-order valence-electron chi connectivity index (χ3n) is 2.60. The SMILES string of the molecule is CC(C)OCCN(C)S(=O)(=O)c1cc(N)c(F)cc1F. The van der Waals surface area contributed by atoms with Gasteiger partial charge >= 0.3 is 0 Å². The summed E-state index contributed by atoms with van der Waals surface area (Å²) >= 11 is 0. The number of hydrogen-bond acceptors (Lipinski definition) is 4. The molecule has 1 aromatic rings. The van der Waals surface area contributed by atoms with Crippen molar-refractivity contribution in [3.63, 3.8) is 0 Å². The van der Waals surface area contributed by atoms with Crippen molar-refractivity contribution in [3.8, 4) is 0 Å². The zero-order chi connectivity index (χ0) is 15.5. The zero-order valence-electron chi connectivity index (χ0n) is 11.6. The van der Waals surface area contributed by atoms with Crippen LogP contribution in [0, 0.1) is 11.6 Å². The smallest absolute Gasteiger partial charge is 0.245 e. The number of nitrogen functional groups attached to an aromatic ring is 1. The Morgan fingerprint density at radius 1 is 1.30 bits per heavy atom. The summed E-state index contributed by atoms with van der Waals surface area (Å²) in [5, 5.41) is 0. The van der Waals surface area contributed by atoms with Crippen LogP contribution >= 0.6 is 0 Å². The van der Waals surface area contributed by atoms with Crippen LogP contribution in [0.2, 0.25) is 0 Å². The Morgan fingerprint density at radius 3 is 2.45 bits per heavy atom. The number of halogens is 2. The molecule has 0 aliphatic carbocycles. The van der Waals surface area contributed by atoms with Crippen LogP contribution in [-0.4, -0.2) is 39.0 Å². The van der Waals surface area contributed by atoms with E-state index in [9.17, 15) is 17.2 Å². The Morgan fingerprint density at radius 2 is 1.90 bits per heavy atom. The van der Waals surface area contributed by atoms with Gasteiger partial charge in [-0.05, 0) is 19.9 Å². The number of rotatable bonds is 6. The minimum absolute atomic E-state index is 0.0377. The van der Waals surface area contributed by atoms with E-state index in [0.717, 1.165) is 10.4 Å². The average molecular weight is 308 g/mol. The van der Waals surface area contributed by atoms with Crippen LogP contribution in [0.15, 0.2) is 17.0 Å². The molecule has 0 radical (unpaired) electrons.